The van der Waals surface area contributed by atoms with Crippen molar-refractivity contribution in [3.05, 3.63) is 53.0 Å². The van der Waals surface area contributed by atoms with Gasteiger partial charge in [0, 0.05) is 6.42 Å². The van der Waals surface area contributed by atoms with E-state index in [1.807, 2.05) is 13.1 Å². The molecular weight excluding hydrogens is 250 g/mol. The molecule has 1 aliphatic heterocycles. The van der Waals surface area contributed by atoms with Gasteiger partial charge in [0.1, 0.15) is 11.5 Å². The molecule has 1 aliphatic rings. The highest BCUT2D eigenvalue weighted by atomic mass is 16.5. The quantitative estimate of drug-likeness (QED) is 0.905. The van der Waals surface area contributed by atoms with Crippen molar-refractivity contribution in [1.82, 2.24) is 5.32 Å². The fourth-order valence-electron chi connectivity index (χ4n) is 2.85. The van der Waals surface area contributed by atoms with Crippen LogP contribution < -0.4 is 10.1 Å². The third-order valence-electron chi connectivity index (χ3n) is 4.04. The molecule has 0 amide bonds. The molecule has 106 valence electrons. The van der Waals surface area contributed by atoms with Crippen molar-refractivity contribution in [3.8, 4) is 5.75 Å². The highest BCUT2D eigenvalue weighted by Gasteiger charge is 2.16. The van der Waals surface area contributed by atoms with E-state index in [0.717, 1.165) is 37.4 Å². The third kappa shape index (κ3) is 2.59. The van der Waals surface area contributed by atoms with Crippen LogP contribution in [0.25, 0.3) is 0 Å². The number of aryl methyl sites for hydroxylation is 2. The molecule has 0 saturated heterocycles. The van der Waals surface area contributed by atoms with Crippen molar-refractivity contribution in [2.75, 3.05) is 13.7 Å². The second-order valence-corrected chi connectivity index (χ2v) is 5.39. The van der Waals surface area contributed by atoms with Crippen LogP contribution in [0, 0.1) is 6.92 Å². The van der Waals surface area contributed by atoms with Crippen LogP contribution in [0.2, 0.25) is 0 Å². The summed E-state index contributed by atoms with van der Waals surface area (Å²) in [6, 6.07) is 8.85. The smallest absolute Gasteiger partial charge is 0.123 e. The van der Waals surface area contributed by atoms with Crippen LogP contribution in [-0.4, -0.2) is 13.7 Å². The molecule has 0 saturated carbocycles. The number of rotatable bonds is 5. The molecule has 0 radical (unpaired) electrons. The normalized spacial score (nSPS) is 14.9. The van der Waals surface area contributed by atoms with Crippen LogP contribution in [0.1, 0.15) is 34.9 Å². The summed E-state index contributed by atoms with van der Waals surface area (Å²) in [6.07, 6.45) is 4.88. The summed E-state index contributed by atoms with van der Waals surface area (Å²) in [6.45, 7) is 2.92. The van der Waals surface area contributed by atoms with E-state index in [4.69, 9.17) is 9.15 Å². The number of furan rings is 1. The van der Waals surface area contributed by atoms with Gasteiger partial charge in [0.15, 0.2) is 0 Å². The van der Waals surface area contributed by atoms with Crippen LogP contribution in [0.15, 0.2) is 34.9 Å². The number of hydrogen-bond acceptors (Lipinski definition) is 3. The van der Waals surface area contributed by atoms with Crippen molar-refractivity contribution < 1.29 is 9.15 Å². The summed E-state index contributed by atoms with van der Waals surface area (Å²) in [5.74, 6) is 2.11. The molecule has 0 bridgehead atoms. The van der Waals surface area contributed by atoms with Crippen LogP contribution >= 0.6 is 0 Å². The summed E-state index contributed by atoms with van der Waals surface area (Å²) < 4.78 is 11.1. The molecule has 3 rings (SSSR count). The molecule has 1 unspecified atom stereocenters. The van der Waals surface area contributed by atoms with E-state index in [-0.39, 0.29) is 6.04 Å². The van der Waals surface area contributed by atoms with E-state index in [1.54, 1.807) is 6.26 Å². The number of benzene rings is 1. The lowest BCUT2D eigenvalue weighted by atomic mass is 10.00. The molecule has 1 aromatic heterocycles. The van der Waals surface area contributed by atoms with Gasteiger partial charge in [0.05, 0.1) is 18.9 Å². The van der Waals surface area contributed by atoms with Crippen molar-refractivity contribution in [2.45, 2.75) is 32.2 Å². The fourth-order valence-corrected chi connectivity index (χ4v) is 2.85. The standard InChI is InChI=1S/C17H21NO2/c1-12-7-9-20-17(12)15(18-2)5-3-13-4-6-16-14(11-13)8-10-19-16/h4,6-7,9,11,15,18H,3,5,8,10H2,1-2H3. The Hall–Kier alpha value is -1.74. The van der Waals surface area contributed by atoms with Gasteiger partial charge in [-0.1, -0.05) is 12.1 Å². The van der Waals surface area contributed by atoms with Gasteiger partial charge in [0.2, 0.25) is 0 Å². The Morgan fingerprint density at radius 2 is 2.20 bits per heavy atom. The van der Waals surface area contributed by atoms with Gasteiger partial charge in [-0.05, 0) is 55.6 Å². The van der Waals surface area contributed by atoms with Crippen LogP contribution in [-0.2, 0) is 12.8 Å². The predicted molar refractivity (Wildman–Crippen MR) is 79.2 cm³/mol. The first-order valence-corrected chi connectivity index (χ1v) is 7.24. The van der Waals surface area contributed by atoms with E-state index < -0.39 is 0 Å². The molecule has 1 N–H and O–H groups in total. The topological polar surface area (TPSA) is 34.4 Å². The van der Waals surface area contributed by atoms with Gasteiger partial charge >= 0.3 is 0 Å². The molecule has 0 aliphatic carbocycles. The van der Waals surface area contributed by atoms with E-state index in [9.17, 15) is 0 Å². The summed E-state index contributed by atoms with van der Waals surface area (Å²) >= 11 is 0. The Balaban J connectivity index is 1.68. The van der Waals surface area contributed by atoms with Crippen molar-refractivity contribution >= 4 is 0 Å². The van der Waals surface area contributed by atoms with Crippen LogP contribution in [0.4, 0.5) is 0 Å². The largest absolute Gasteiger partial charge is 0.493 e. The van der Waals surface area contributed by atoms with Crippen LogP contribution in [0.5, 0.6) is 5.75 Å². The molecule has 0 spiro atoms. The average molecular weight is 271 g/mol. The minimum absolute atomic E-state index is 0.273. The number of ether oxygens (including phenoxy) is 1. The van der Waals surface area contributed by atoms with Gasteiger partial charge in [-0.2, -0.15) is 0 Å². The summed E-state index contributed by atoms with van der Waals surface area (Å²) in [5, 5.41) is 3.35. The highest BCUT2D eigenvalue weighted by Crippen LogP contribution is 2.28. The molecule has 20 heavy (non-hydrogen) atoms. The molecule has 0 fully saturated rings. The monoisotopic (exact) mass is 271 g/mol. The van der Waals surface area contributed by atoms with E-state index in [0.29, 0.717) is 0 Å². The molecule has 3 heteroatoms. The zero-order valence-corrected chi connectivity index (χ0v) is 12.1. The zero-order chi connectivity index (χ0) is 13.9. The highest BCUT2D eigenvalue weighted by molar-refractivity contribution is 5.39. The lowest BCUT2D eigenvalue weighted by molar-refractivity contribution is 0.357. The zero-order valence-electron chi connectivity index (χ0n) is 12.1. The SMILES string of the molecule is CNC(CCc1ccc2c(c1)CCO2)c1occc1C. The first-order valence-electron chi connectivity index (χ1n) is 7.24. The minimum Gasteiger partial charge on any atom is -0.493 e. The molecule has 1 aromatic carbocycles. The Morgan fingerprint density at radius 1 is 1.30 bits per heavy atom. The number of nitrogens with one attached hydrogen (secondary N) is 1. The Bertz CT molecular complexity index is 588. The summed E-state index contributed by atoms with van der Waals surface area (Å²) in [7, 11) is 1.99. The summed E-state index contributed by atoms with van der Waals surface area (Å²) in [4.78, 5) is 0. The van der Waals surface area contributed by atoms with Gasteiger partial charge in [-0.15, -0.1) is 0 Å². The van der Waals surface area contributed by atoms with Crippen molar-refractivity contribution in [2.24, 2.45) is 0 Å². The first-order chi connectivity index (χ1) is 9.78. The van der Waals surface area contributed by atoms with Gasteiger partial charge in [-0.25, -0.2) is 0 Å². The average Bonchev–Trinajstić information content (AvgIpc) is 3.08. The second kappa shape index (κ2) is 5.71. The molecule has 1 atom stereocenters. The van der Waals surface area contributed by atoms with Crippen molar-refractivity contribution in [1.29, 1.82) is 0 Å². The molecular formula is C17H21NO2. The van der Waals surface area contributed by atoms with E-state index >= 15 is 0 Å². The van der Waals surface area contributed by atoms with E-state index in [1.165, 1.54) is 16.7 Å². The van der Waals surface area contributed by atoms with E-state index in [2.05, 4.69) is 30.4 Å². The second-order valence-electron chi connectivity index (χ2n) is 5.39. The lowest BCUT2D eigenvalue weighted by Crippen LogP contribution is -2.17. The number of hydrogen-bond donors (Lipinski definition) is 1. The maximum absolute atomic E-state index is 5.60. The van der Waals surface area contributed by atoms with Gasteiger partial charge in [0.25, 0.3) is 0 Å². The van der Waals surface area contributed by atoms with Crippen molar-refractivity contribution in [3.63, 3.8) is 0 Å². The van der Waals surface area contributed by atoms with Crippen LogP contribution in [0.3, 0.4) is 0 Å². The first kappa shape index (κ1) is 13.3. The van der Waals surface area contributed by atoms with Gasteiger partial charge in [-0.3, -0.25) is 0 Å². The molecule has 2 heterocycles. The lowest BCUT2D eigenvalue weighted by Gasteiger charge is -2.15. The fraction of sp³-hybridized carbons (Fsp3) is 0.412. The third-order valence-corrected chi connectivity index (χ3v) is 4.04. The van der Waals surface area contributed by atoms with Gasteiger partial charge < -0.3 is 14.5 Å². The Kier molecular flexibility index (Phi) is 3.79. The maximum atomic E-state index is 5.60. The Labute approximate surface area is 119 Å². The molecule has 2 aromatic rings. The maximum Gasteiger partial charge on any atom is 0.123 e. The predicted octanol–water partition coefficient (Wildman–Crippen LogP) is 3.42. The number of fused-ring (bicyclic) bond motifs is 1. The molecule has 3 nitrogen and oxygen atoms in total. The summed E-state index contributed by atoms with van der Waals surface area (Å²) in [5.41, 5.74) is 3.93. The Morgan fingerprint density at radius 3 is 2.95 bits per heavy atom. The minimum atomic E-state index is 0.273.